The SMILES string of the molecule is CC.CC.CC.CCN1C(=CC=Cc2n(CC)c3cc4oc5ccccc5c4cc3[n+]2CCOC#CC#CC#CO)N(CCOC#CC#CC#CO)c2cc3c(cc21)oc1ccccc13. The lowest BCUT2D eigenvalue weighted by atomic mass is 10.1. The van der Waals surface area contributed by atoms with Gasteiger partial charge in [-0.15, -0.1) is 0 Å². The number of nitrogens with zero attached hydrogens (tertiary/aromatic N) is 4. The molecule has 2 N–H and O–H groups in total. The zero-order valence-electron chi connectivity index (χ0n) is 38.2. The van der Waals surface area contributed by atoms with E-state index in [4.69, 9.17) is 28.5 Å². The van der Waals surface area contributed by atoms with Crippen LogP contribution in [-0.4, -0.2) is 41.1 Å². The smallest absolute Gasteiger partial charge is 0.282 e. The number of aliphatic hydroxyl groups excluding tert-OH is 2. The third-order valence-corrected chi connectivity index (χ3v) is 9.91. The second kappa shape index (κ2) is 24.3. The lowest BCUT2D eigenvalue weighted by molar-refractivity contribution is -0.675. The number of furan rings is 2. The van der Waals surface area contributed by atoms with Crippen LogP contribution >= 0.6 is 0 Å². The van der Waals surface area contributed by atoms with Gasteiger partial charge in [0.2, 0.25) is 0 Å². The van der Waals surface area contributed by atoms with Gasteiger partial charge in [-0.25, -0.2) is 9.13 Å². The first-order valence-corrected chi connectivity index (χ1v) is 21.9. The molecule has 3 aromatic heterocycles. The summed E-state index contributed by atoms with van der Waals surface area (Å²) >= 11 is 0. The molecule has 328 valence electrons. The van der Waals surface area contributed by atoms with E-state index in [2.05, 4.69) is 147 Å². The number of para-hydroxylation sites is 2. The predicted octanol–water partition coefficient (Wildman–Crippen LogP) is 10.7. The highest BCUT2D eigenvalue weighted by atomic mass is 16.5. The van der Waals surface area contributed by atoms with Crippen LogP contribution in [0.25, 0.3) is 61.0 Å². The molecule has 0 saturated heterocycles. The number of aryl methyl sites for hydroxylation is 1. The molecule has 0 spiro atoms. The number of fused-ring (bicyclic) bond motifs is 8. The molecule has 4 heterocycles. The van der Waals surface area contributed by atoms with E-state index in [0.29, 0.717) is 39.4 Å². The largest absolute Gasteiger partial charge is 0.461 e. The summed E-state index contributed by atoms with van der Waals surface area (Å²) in [6, 6.07) is 24.7. The molecule has 10 nitrogen and oxygen atoms in total. The first-order valence-electron chi connectivity index (χ1n) is 21.9. The number of aromatic nitrogens is 2. The fourth-order valence-electron chi connectivity index (χ4n) is 7.54. The van der Waals surface area contributed by atoms with Gasteiger partial charge >= 0.3 is 0 Å². The van der Waals surface area contributed by atoms with Crippen molar-refractivity contribution in [2.24, 2.45) is 0 Å². The van der Waals surface area contributed by atoms with E-state index in [1.165, 1.54) is 0 Å². The molecule has 0 aliphatic carbocycles. The fraction of sp³-hybridized carbons (Fsp3) is 0.255. The Morgan fingerprint density at radius 2 is 1.15 bits per heavy atom. The van der Waals surface area contributed by atoms with Gasteiger partial charge in [-0.2, -0.15) is 0 Å². The van der Waals surface area contributed by atoms with E-state index in [-0.39, 0.29) is 0 Å². The van der Waals surface area contributed by atoms with Crippen LogP contribution in [0.1, 0.15) is 61.2 Å². The standard InChI is InChI=1S/C49H34N4O6.3C2H6/c1-3-50-42-34-46-38(36-18-9-11-20-44(36)58-46)32-40(42)52(24-30-56-28-15-7-5-13-26-54)48(50)22-17-23-49-51(4-2)43-35-47-39(37-19-10-12-21-45(37)59-47)33-41(43)53(49)25-31-57-29-16-8-6-14-27-55;3*1-2/h9-12,17-23,32-35H,3-4,24-25,30-31H2,1-2H3,(H-,54,55);3*1-2H3/p+1. The van der Waals surface area contributed by atoms with Gasteiger partial charge in [-0.05, 0) is 38.1 Å². The molecule has 0 amide bonds. The third-order valence-electron chi connectivity index (χ3n) is 9.91. The van der Waals surface area contributed by atoms with Crippen LogP contribution in [0.2, 0.25) is 0 Å². The molecule has 10 heteroatoms. The van der Waals surface area contributed by atoms with Gasteiger partial charge < -0.3 is 38.3 Å². The van der Waals surface area contributed by atoms with Crippen molar-refractivity contribution in [2.45, 2.75) is 68.5 Å². The van der Waals surface area contributed by atoms with Crippen LogP contribution in [0.4, 0.5) is 11.4 Å². The molecule has 0 saturated carbocycles. The summed E-state index contributed by atoms with van der Waals surface area (Å²) < 4.78 is 28.5. The molecule has 0 radical (unpaired) electrons. The molecule has 0 bridgehead atoms. The Hall–Kier alpha value is -8.41. The van der Waals surface area contributed by atoms with Crippen molar-refractivity contribution in [3.63, 3.8) is 0 Å². The average Bonchev–Trinajstić information content (AvgIpc) is 4.07. The van der Waals surface area contributed by atoms with Crippen LogP contribution in [0.15, 0.2) is 99.6 Å². The Kier molecular flexibility index (Phi) is 17.8. The van der Waals surface area contributed by atoms with Gasteiger partial charge in [0.15, 0.2) is 11.0 Å². The van der Waals surface area contributed by atoms with Crippen molar-refractivity contribution in [1.82, 2.24) is 4.57 Å². The summed E-state index contributed by atoms with van der Waals surface area (Å²) in [6.07, 6.45) is 15.0. The molecule has 8 rings (SSSR count). The Labute approximate surface area is 381 Å². The normalized spacial score (nSPS) is 11.4. The highest BCUT2D eigenvalue weighted by molar-refractivity contribution is 6.10. The van der Waals surface area contributed by atoms with Crippen LogP contribution in [-0.2, 0) is 22.6 Å². The Morgan fingerprint density at radius 1 is 0.600 bits per heavy atom. The molecule has 65 heavy (non-hydrogen) atoms. The van der Waals surface area contributed by atoms with Crippen molar-refractivity contribution in [1.29, 1.82) is 0 Å². The second-order valence-corrected chi connectivity index (χ2v) is 13.0. The summed E-state index contributed by atoms with van der Waals surface area (Å²) in [7, 11) is 0. The second-order valence-electron chi connectivity index (χ2n) is 13.0. The number of hydrogen-bond acceptors (Lipinski definition) is 8. The lowest BCUT2D eigenvalue weighted by Crippen LogP contribution is -2.38. The van der Waals surface area contributed by atoms with Gasteiger partial charge in [0.25, 0.3) is 5.82 Å². The summed E-state index contributed by atoms with van der Waals surface area (Å²) in [5.41, 5.74) is 7.41. The molecule has 1 aliphatic rings. The number of aliphatic hydroxyl groups is 2. The maximum atomic E-state index is 8.63. The predicted molar refractivity (Wildman–Crippen MR) is 263 cm³/mol. The van der Waals surface area contributed by atoms with Crippen molar-refractivity contribution in [3.05, 3.63) is 96.6 Å². The van der Waals surface area contributed by atoms with E-state index >= 15 is 0 Å². The first kappa shape index (κ1) is 47.6. The number of benzene rings is 4. The van der Waals surface area contributed by atoms with Crippen LogP contribution < -0.4 is 14.4 Å². The Balaban J connectivity index is 0.00000127. The number of ether oxygens (including phenoxy) is 2. The Morgan fingerprint density at radius 3 is 1.75 bits per heavy atom. The molecule has 0 atom stereocenters. The molecule has 7 aromatic rings. The summed E-state index contributed by atoms with van der Waals surface area (Å²) in [6.45, 7) is 19.3. The highest BCUT2D eigenvalue weighted by Gasteiger charge is 2.32. The van der Waals surface area contributed by atoms with Gasteiger partial charge in [0.05, 0.1) is 24.5 Å². The third kappa shape index (κ3) is 10.5. The van der Waals surface area contributed by atoms with Gasteiger partial charge in [0.1, 0.15) is 72.3 Å². The number of anilines is 2. The van der Waals surface area contributed by atoms with E-state index < -0.39 is 0 Å². The number of imidazole rings is 1. The molecule has 0 unspecified atom stereocenters. The average molecular weight is 866 g/mol. The van der Waals surface area contributed by atoms with E-state index in [1.54, 1.807) is 12.2 Å². The van der Waals surface area contributed by atoms with E-state index in [1.807, 2.05) is 77.9 Å². The summed E-state index contributed by atoms with van der Waals surface area (Å²) in [4.78, 5) is 4.50. The minimum atomic E-state index is 0.297. The monoisotopic (exact) mass is 865 g/mol. The van der Waals surface area contributed by atoms with Crippen molar-refractivity contribution < 1.29 is 33.1 Å². The maximum Gasteiger partial charge on any atom is 0.282 e. The number of rotatable bonds is 10. The minimum Gasteiger partial charge on any atom is -0.461 e. The number of hydrogen-bond donors (Lipinski definition) is 2. The zero-order chi connectivity index (χ0) is 46.6. The van der Waals surface area contributed by atoms with E-state index in [9.17, 15) is 0 Å². The van der Waals surface area contributed by atoms with Crippen LogP contribution in [0, 0.1) is 71.8 Å². The zero-order valence-corrected chi connectivity index (χ0v) is 38.2. The lowest BCUT2D eigenvalue weighted by Gasteiger charge is -2.24. The van der Waals surface area contributed by atoms with E-state index in [0.717, 1.165) is 77.9 Å². The van der Waals surface area contributed by atoms with Crippen LogP contribution in [0.5, 0.6) is 0 Å². The van der Waals surface area contributed by atoms with Crippen molar-refractivity contribution >= 4 is 72.4 Å². The fourth-order valence-corrected chi connectivity index (χ4v) is 7.54. The molecule has 4 aromatic carbocycles. The van der Waals surface area contributed by atoms with Gasteiger partial charge in [-0.1, -0.05) is 84.0 Å². The Bertz CT molecular complexity index is 3240. The number of allylic oxidation sites excluding steroid dienone is 2. The quantitative estimate of drug-likeness (QED) is 0.0797. The van der Waals surface area contributed by atoms with Crippen molar-refractivity contribution in [2.75, 3.05) is 36.1 Å². The summed E-state index contributed by atoms with van der Waals surface area (Å²) in [5.74, 6) is 21.6. The maximum absolute atomic E-state index is 8.63. The minimum absolute atomic E-state index is 0.297. The topological polar surface area (TPSA) is 100 Å². The summed E-state index contributed by atoms with van der Waals surface area (Å²) in [5, 5.41) is 21.4. The first-order chi connectivity index (χ1) is 32.1. The van der Waals surface area contributed by atoms with Gasteiger partial charge in [-0.3, -0.25) is 0 Å². The molecule has 1 aliphatic heterocycles. The van der Waals surface area contributed by atoms with Gasteiger partial charge in [0, 0.05) is 99.7 Å². The van der Waals surface area contributed by atoms with Crippen LogP contribution in [0.3, 0.4) is 0 Å². The molecular formula is C55H53N4O6+. The molecular weight excluding hydrogens is 813 g/mol. The molecule has 0 fully saturated rings. The van der Waals surface area contributed by atoms with Crippen molar-refractivity contribution in [3.8, 4) is 71.8 Å². The highest BCUT2D eigenvalue weighted by Crippen LogP contribution is 2.46.